The number of nitrogens with zero attached hydrogens (tertiary/aromatic N) is 1. The molecule has 1 heterocycles. The molecule has 2 N–H and O–H groups in total. The zero-order chi connectivity index (χ0) is 13.8. The number of hydrogen-bond donors (Lipinski definition) is 2. The number of carbonyl (C=O) groups excluding carboxylic acids is 1. The number of hydrogen-bond acceptors (Lipinski definition) is 3. The summed E-state index contributed by atoms with van der Waals surface area (Å²) in [5, 5.41) is 13.7. The summed E-state index contributed by atoms with van der Waals surface area (Å²) in [6.07, 6.45) is 0. The lowest BCUT2D eigenvalue weighted by atomic mass is 10.1. The van der Waals surface area contributed by atoms with Crippen molar-refractivity contribution in [3.05, 3.63) is 41.2 Å². The summed E-state index contributed by atoms with van der Waals surface area (Å²) in [6.45, 7) is 2.29. The average Bonchev–Trinajstić information content (AvgIpc) is 2.44. The molecular weight excluding hydrogens is 264 g/mol. The molecule has 0 aliphatic rings. The summed E-state index contributed by atoms with van der Waals surface area (Å²) in [7, 11) is 0. The second-order valence-corrected chi connectivity index (χ2v) is 4.88. The molecule has 0 bridgehead atoms. The van der Waals surface area contributed by atoms with Gasteiger partial charge in [-0.05, 0) is 17.4 Å². The van der Waals surface area contributed by atoms with Crippen LogP contribution >= 0.6 is 11.6 Å². The number of nitrogens with one attached hydrogen (secondary N) is 1. The minimum absolute atomic E-state index is 0.0138. The van der Waals surface area contributed by atoms with E-state index in [1.807, 2.05) is 31.2 Å². The largest absolute Gasteiger partial charge is 0.396 e. The number of rotatable bonds is 4. The average molecular weight is 279 g/mol. The highest BCUT2D eigenvalue weighted by Gasteiger charge is 2.11. The quantitative estimate of drug-likeness (QED) is 0.843. The maximum atomic E-state index is 11.9. The van der Waals surface area contributed by atoms with Crippen molar-refractivity contribution >= 4 is 28.3 Å². The van der Waals surface area contributed by atoms with Crippen LogP contribution in [0.1, 0.15) is 17.4 Å². The summed E-state index contributed by atoms with van der Waals surface area (Å²) in [5.74, 6) is -0.271. The Morgan fingerprint density at radius 3 is 2.95 bits per heavy atom. The van der Waals surface area contributed by atoms with Gasteiger partial charge in [0.25, 0.3) is 5.91 Å². The predicted molar refractivity (Wildman–Crippen MR) is 75.3 cm³/mol. The SMILES string of the molecule is CC(CO)CNC(=O)c1cc2ccccc2c(Cl)n1. The molecule has 19 heavy (non-hydrogen) atoms. The van der Waals surface area contributed by atoms with Gasteiger partial charge in [-0.15, -0.1) is 0 Å². The molecule has 5 heteroatoms. The van der Waals surface area contributed by atoms with Crippen LogP contribution in [0, 0.1) is 5.92 Å². The van der Waals surface area contributed by atoms with Gasteiger partial charge in [-0.3, -0.25) is 4.79 Å². The third-order valence-electron chi connectivity index (χ3n) is 2.85. The molecule has 100 valence electrons. The van der Waals surface area contributed by atoms with Gasteiger partial charge in [0.1, 0.15) is 10.8 Å². The number of aromatic nitrogens is 1. The number of pyridine rings is 1. The van der Waals surface area contributed by atoms with E-state index in [2.05, 4.69) is 10.3 Å². The molecule has 0 aliphatic carbocycles. The Morgan fingerprint density at radius 1 is 1.47 bits per heavy atom. The van der Waals surface area contributed by atoms with Crippen molar-refractivity contribution < 1.29 is 9.90 Å². The molecule has 0 fully saturated rings. The third-order valence-corrected chi connectivity index (χ3v) is 3.14. The van der Waals surface area contributed by atoms with Crippen molar-refractivity contribution in [2.75, 3.05) is 13.2 Å². The first-order chi connectivity index (χ1) is 9.11. The van der Waals surface area contributed by atoms with E-state index in [1.54, 1.807) is 6.07 Å². The van der Waals surface area contributed by atoms with Crippen LogP contribution < -0.4 is 5.32 Å². The van der Waals surface area contributed by atoms with Crippen LogP contribution in [0.3, 0.4) is 0 Å². The molecule has 0 spiro atoms. The Bertz CT molecular complexity index is 601. The monoisotopic (exact) mass is 278 g/mol. The molecule has 0 saturated carbocycles. The number of carbonyl (C=O) groups is 1. The molecule has 4 nitrogen and oxygen atoms in total. The van der Waals surface area contributed by atoms with Crippen molar-refractivity contribution in [1.82, 2.24) is 10.3 Å². The summed E-state index contributed by atoms with van der Waals surface area (Å²) in [6, 6.07) is 9.21. The number of amides is 1. The van der Waals surface area contributed by atoms with Crippen LogP contribution in [-0.2, 0) is 0 Å². The van der Waals surface area contributed by atoms with E-state index in [0.29, 0.717) is 11.7 Å². The fraction of sp³-hybridized carbons (Fsp3) is 0.286. The van der Waals surface area contributed by atoms with Crippen LogP contribution in [-0.4, -0.2) is 29.1 Å². The zero-order valence-corrected chi connectivity index (χ0v) is 11.3. The summed E-state index contributed by atoms with van der Waals surface area (Å²) in [5.41, 5.74) is 0.286. The Balaban J connectivity index is 2.23. The van der Waals surface area contributed by atoms with Crippen molar-refractivity contribution in [2.24, 2.45) is 5.92 Å². The fourth-order valence-corrected chi connectivity index (χ4v) is 1.96. The van der Waals surface area contributed by atoms with E-state index in [0.717, 1.165) is 10.8 Å². The number of aliphatic hydroxyl groups is 1. The second-order valence-electron chi connectivity index (χ2n) is 4.52. The van der Waals surface area contributed by atoms with E-state index < -0.39 is 0 Å². The highest BCUT2D eigenvalue weighted by molar-refractivity contribution is 6.34. The van der Waals surface area contributed by atoms with Crippen LogP contribution in [0.25, 0.3) is 10.8 Å². The molecular formula is C14H15ClN2O2. The van der Waals surface area contributed by atoms with Gasteiger partial charge < -0.3 is 10.4 Å². The van der Waals surface area contributed by atoms with Crippen LogP contribution in [0.2, 0.25) is 5.15 Å². The van der Waals surface area contributed by atoms with Crippen LogP contribution in [0.5, 0.6) is 0 Å². The summed E-state index contributed by atoms with van der Waals surface area (Å²) in [4.78, 5) is 16.0. The first kappa shape index (κ1) is 13.8. The molecule has 0 radical (unpaired) electrons. The summed E-state index contributed by atoms with van der Waals surface area (Å²) >= 11 is 6.07. The van der Waals surface area contributed by atoms with Gasteiger partial charge in [0.15, 0.2) is 0 Å². The van der Waals surface area contributed by atoms with Crippen molar-refractivity contribution in [3.63, 3.8) is 0 Å². The maximum Gasteiger partial charge on any atom is 0.269 e. The molecule has 0 aliphatic heterocycles. The Labute approximate surface area is 116 Å². The molecule has 1 amide bonds. The Kier molecular flexibility index (Phi) is 4.35. The highest BCUT2D eigenvalue weighted by atomic mass is 35.5. The Morgan fingerprint density at radius 2 is 2.21 bits per heavy atom. The van der Waals surface area contributed by atoms with E-state index in [9.17, 15) is 4.79 Å². The first-order valence-electron chi connectivity index (χ1n) is 6.06. The van der Waals surface area contributed by atoms with Crippen molar-refractivity contribution in [2.45, 2.75) is 6.92 Å². The lowest BCUT2D eigenvalue weighted by Gasteiger charge is -2.10. The van der Waals surface area contributed by atoms with E-state index in [1.165, 1.54) is 0 Å². The lowest BCUT2D eigenvalue weighted by molar-refractivity contribution is 0.0937. The standard InChI is InChI=1S/C14H15ClN2O2/c1-9(8-18)7-16-14(19)12-6-10-4-2-3-5-11(10)13(15)17-12/h2-6,9,18H,7-8H2,1H3,(H,16,19). The van der Waals surface area contributed by atoms with E-state index in [-0.39, 0.29) is 24.1 Å². The minimum Gasteiger partial charge on any atom is -0.396 e. The van der Waals surface area contributed by atoms with Gasteiger partial charge in [0.05, 0.1) is 0 Å². The summed E-state index contributed by atoms with van der Waals surface area (Å²) < 4.78 is 0. The molecule has 2 aromatic rings. The molecule has 1 unspecified atom stereocenters. The maximum absolute atomic E-state index is 11.9. The number of benzene rings is 1. The molecule has 1 aromatic carbocycles. The van der Waals surface area contributed by atoms with Crippen molar-refractivity contribution in [1.29, 1.82) is 0 Å². The molecule has 2 rings (SSSR count). The van der Waals surface area contributed by atoms with Crippen LogP contribution in [0.4, 0.5) is 0 Å². The topological polar surface area (TPSA) is 62.2 Å². The van der Waals surface area contributed by atoms with Crippen molar-refractivity contribution in [3.8, 4) is 0 Å². The van der Waals surface area contributed by atoms with Gasteiger partial charge in [-0.2, -0.15) is 0 Å². The highest BCUT2D eigenvalue weighted by Crippen LogP contribution is 2.22. The van der Waals surface area contributed by atoms with Gasteiger partial charge in [0.2, 0.25) is 0 Å². The van der Waals surface area contributed by atoms with Gasteiger partial charge in [0, 0.05) is 18.5 Å². The molecule has 1 aromatic heterocycles. The number of fused-ring (bicyclic) bond motifs is 1. The zero-order valence-electron chi connectivity index (χ0n) is 10.6. The van der Waals surface area contributed by atoms with Gasteiger partial charge in [-0.1, -0.05) is 42.8 Å². The normalized spacial score (nSPS) is 12.4. The van der Waals surface area contributed by atoms with Gasteiger partial charge in [-0.25, -0.2) is 4.98 Å². The minimum atomic E-state index is -0.284. The van der Waals surface area contributed by atoms with E-state index >= 15 is 0 Å². The molecule has 1 atom stereocenters. The van der Waals surface area contributed by atoms with Gasteiger partial charge >= 0.3 is 0 Å². The Hall–Kier alpha value is -1.65. The number of aliphatic hydroxyl groups excluding tert-OH is 1. The van der Waals surface area contributed by atoms with E-state index in [4.69, 9.17) is 16.7 Å². The lowest BCUT2D eigenvalue weighted by Crippen LogP contribution is -2.30. The number of halogens is 1. The molecule has 0 saturated heterocycles. The predicted octanol–water partition coefficient (Wildman–Crippen LogP) is 2.25. The van der Waals surface area contributed by atoms with Crippen LogP contribution in [0.15, 0.2) is 30.3 Å². The third kappa shape index (κ3) is 3.22. The fourth-order valence-electron chi connectivity index (χ4n) is 1.69. The second kappa shape index (κ2) is 5.99. The smallest absolute Gasteiger partial charge is 0.269 e. The first-order valence-corrected chi connectivity index (χ1v) is 6.44.